The van der Waals surface area contributed by atoms with Crippen LogP contribution in [-0.4, -0.2) is 44.1 Å². The van der Waals surface area contributed by atoms with E-state index < -0.39 is 15.1 Å². The van der Waals surface area contributed by atoms with E-state index in [0.29, 0.717) is 18.0 Å². The van der Waals surface area contributed by atoms with E-state index in [1.807, 2.05) is 0 Å². The number of sulfone groups is 1. The summed E-state index contributed by atoms with van der Waals surface area (Å²) < 4.78 is 24.2. The molecule has 2 N–H and O–H groups in total. The zero-order valence-corrected chi connectivity index (χ0v) is 15.4. The second kappa shape index (κ2) is 7.93. The SMILES string of the molecule is CC(C)C(N)CCN(C)C(=O)c1ccc(S(=O)(=O)C(C)C)cc1. The Balaban J connectivity index is 2.78. The zero-order chi connectivity index (χ0) is 17.8. The molecule has 1 amide bonds. The Morgan fingerprint density at radius 1 is 1.13 bits per heavy atom. The van der Waals surface area contributed by atoms with Gasteiger partial charge in [0.2, 0.25) is 0 Å². The van der Waals surface area contributed by atoms with Crippen LogP contribution in [0.4, 0.5) is 0 Å². The lowest BCUT2D eigenvalue weighted by Gasteiger charge is -2.21. The summed E-state index contributed by atoms with van der Waals surface area (Å²) in [5.74, 6) is 0.244. The molecule has 0 saturated carbocycles. The average Bonchev–Trinajstić information content (AvgIpc) is 2.51. The lowest BCUT2D eigenvalue weighted by atomic mass is 10.0. The molecule has 23 heavy (non-hydrogen) atoms. The van der Waals surface area contributed by atoms with E-state index in [-0.39, 0.29) is 16.8 Å². The van der Waals surface area contributed by atoms with Gasteiger partial charge in [0.1, 0.15) is 0 Å². The standard InChI is InChI=1S/C17H28N2O3S/c1-12(2)16(18)10-11-19(5)17(20)14-6-8-15(9-7-14)23(21,22)13(3)4/h6-9,12-13,16H,10-11,18H2,1-5H3. The van der Waals surface area contributed by atoms with Crippen molar-refractivity contribution in [1.82, 2.24) is 4.90 Å². The summed E-state index contributed by atoms with van der Waals surface area (Å²) in [6, 6.07) is 6.18. The van der Waals surface area contributed by atoms with Gasteiger partial charge in [-0.15, -0.1) is 0 Å². The first-order valence-electron chi connectivity index (χ1n) is 7.92. The Morgan fingerprint density at radius 3 is 2.09 bits per heavy atom. The lowest BCUT2D eigenvalue weighted by molar-refractivity contribution is 0.0789. The van der Waals surface area contributed by atoms with Crippen LogP contribution in [0, 0.1) is 5.92 Å². The van der Waals surface area contributed by atoms with Crippen LogP contribution < -0.4 is 5.73 Å². The van der Waals surface area contributed by atoms with Gasteiger partial charge < -0.3 is 10.6 Å². The summed E-state index contributed by atoms with van der Waals surface area (Å²) in [5.41, 5.74) is 6.47. The lowest BCUT2D eigenvalue weighted by Crippen LogP contribution is -2.34. The van der Waals surface area contributed by atoms with Crippen molar-refractivity contribution in [3.63, 3.8) is 0 Å². The molecule has 1 aromatic rings. The van der Waals surface area contributed by atoms with Gasteiger partial charge >= 0.3 is 0 Å². The molecule has 0 aliphatic heterocycles. The van der Waals surface area contributed by atoms with Gasteiger partial charge in [-0.3, -0.25) is 4.79 Å². The van der Waals surface area contributed by atoms with Crippen molar-refractivity contribution in [3.05, 3.63) is 29.8 Å². The van der Waals surface area contributed by atoms with E-state index in [2.05, 4.69) is 13.8 Å². The van der Waals surface area contributed by atoms with Gasteiger partial charge in [0.15, 0.2) is 9.84 Å². The number of carbonyl (C=O) groups is 1. The molecule has 1 aromatic carbocycles. The molecule has 0 fully saturated rings. The van der Waals surface area contributed by atoms with E-state index in [4.69, 9.17) is 5.73 Å². The van der Waals surface area contributed by atoms with E-state index >= 15 is 0 Å². The monoisotopic (exact) mass is 340 g/mol. The minimum atomic E-state index is -3.31. The molecule has 1 rings (SSSR count). The predicted molar refractivity (Wildman–Crippen MR) is 93.2 cm³/mol. The van der Waals surface area contributed by atoms with Crippen LogP contribution in [-0.2, 0) is 9.84 Å². The van der Waals surface area contributed by atoms with Crippen molar-refractivity contribution < 1.29 is 13.2 Å². The Labute approximate surface area is 139 Å². The molecule has 1 atom stereocenters. The van der Waals surface area contributed by atoms with Crippen LogP contribution >= 0.6 is 0 Å². The fourth-order valence-corrected chi connectivity index (χ4v) is 3.12. The Kier molecular flexibility index (Phi) is 6.77. The molecule has 0 aromatic heterocycles. The molecule has 0 aliphatic carbocycles. The van der Waals surface area contributed by atoms with E-state index in [1.165, 1.54) is 12.1 Å². The van der Waals surface area contributed by atoms with E-state index in [0.717, 1.165) is 6.42 Å². The molecular formula is C17H28N2O3S. The number of rotatable bonds is 7. The summed E-state index contributed by atoms with van der Waals surface area (Å²) >= 11 is 0. The summed E-state index contributed by atoms with van der Waals surface area (Å²) in [5, 5.41) is -0.482. The van der Waals surface area contributed by atoms with Gasteiger partial charge in [0.25, 0.3) is 5.91 Å². The fourth-order valence-electron chi connectivity index (χ4n) is 2.06. The van der Waals surface area contributed by atoms with Crippen LogP contribution in [0.5, 0.6) is 0 Å². The number of nitrogens with zero attached hydrogens (tertiary/aromatic N) is 1. The Bertz CT molecular complexity index is 622. The van der Waals surface area contributed by atoms with Crippen molar-refractivity contribution in [3.8, 4) is 0 Å². The van der Waals surface area contributed by atoms with Crippen molar-refractivity contribution in [1.29, 1.82) is 0 Å². The largest absolute Gasteiger partial charge is 0.342 e. The minimum absolute atomic E-state index is 0.0591. The summed E-state index contributed by atoms with van der Waals surface area (Å²) in [7, 11) is -1.58. The zero-order valence-electron chi connectivity index (χ0n) is 14.6. The summed E-state index contributed by atoms with van der Waals surface area (Å²) in [6.45, 7) is 7.96. The van der Waals surface area contributed by atoms with Crippen LogP contribution in [0.3, 0.4) is 0 Å². The van der Waals surface area contributed by atoms with Crippen LogP contribution in [0.1, 0.15) is 44.5 Å². The van der Waals surface area contributed by atoms with Crippen molar-refractivity contribution >= 4 is 15.7 Å². The molecule has 6 heteroatoms. The Morgan fingerprint density at radius 2 is 1.65 bits per heavy atom. The highest BCUT2D eigenvalue weighted by molar-refractivity contribution is 7.92. The summed E-state index contributed by atoms with van der Waals surface area (Å²) in [4.78, 5) is 14.2. The minimum Gasteiger partial charge on any atom is -0.342 e. The quantitative estimate of drug-likeness (QED) is 0.826. The molecule has 0 aliphatic rings. The molecular weight excluding hydrogens is 312 g/mol. The number of amides is 1. The molecule has 130 valence electrons. The second-order valence-corrected chi connectivity index (χ2v) is 9.05. The fraction of sp³-hybridized carbons (Fsp3) is 0.588. The molecule has 0 saturated heterocycles. The smallest absolute Gasteiger partial charge is 0.253 e. The van der Waals surface area contributed by atoms with Gasteiger partial charge in [-0.05, 0) is 50.5 Å². The molecule has 0 radical (unpaired) electrons. The highest BCUT2D eigenvalue weighted by Gasteiger charge is 2.20. The number of hydrogen-bond donors (Lipinski definition) is 1. The second-order valence-electron chi connectivity index (χ2n) is 6.54. The topological polar surface area (TPSA) is 80.5 Å². The highest BCUT2D eigenvalue weighted by Crippen LogP contribution is 2.17. The number of carbonyl (C=O) groups excluding carboxylic acids is 1. The van der Waals surface area contributed by atoms with Gasteiger partial charge in [0.05, 0.1) is 10.1 Å². The maximum absolute atomic E-state index is 12.4. The Hall–Kier alpha value is -1.40. The van der Waals surface area contributed by atoms with Crippen molar-refractivity contribution in [2.45, 2.75) is 50.3 Å². The molecule has 1 unspecified atom stereocenters. The van der Waals surface area contributed by atoms with E-state index in [1.54, 1.807) is 37.9 Å². The molecule has 0 heterocycles. The predicted octanol–water partition coefficient (Wildman–Crippen LogP) is 2.31. The van der Waals surface area contributed by atoms with Crippen LogP contribution in [0.25, 0.3) is 0 Å². The summed E-state index contributed by atoms with van der Waals surface area (Å²) in [6.07, 6.45) is 0.736. The average molecular weight is 340 g/mol. The first-order chi connectivity index (χ1) is 10.6. The van der Waals surface area contributed by atoms with Crippen molar-refractivity contribution in [2.75, 3.05) is 13.6 Å². The van der Waals surface area contributed by atoms with Gasteiger partial charge in [-0.2, -0.15) is 0 Å². The third-order valence-corrected chi connectivity index (χ3v) is 6.22. The maximum atomic E-state index is 12.4. The van der Waals surface area contributed by atoms with Gasteiger partial charge in [-0.1, -0.05) is 13.8 Å². The molecule has 0 bridgehead atoms. The van der Waals surface area contributed by atoms with Crippen molar-refractivity contribution in [2.24, 2.45) is 11.7 Å². The van der Waals surface area contributed by atoms with Crippen LogP contribution in [0.2, 0.25) is 0 Å². The highest BCUT2D eigenvalue weighted by atomic mass is 32.2. The van der Waals surface area contributed by atoms with Gasteiger partial charge in [-0.25, -0.2) is 8.42 Å². The first kappa shape index (κ1) is 19.6. The third-order valence-electron chi connectivity index (χ3n) is 4.05. The van der Waals surface area contributed by atoms with E-state index in [9.17, 15) is 13.2 Å². The van der Waals surface area contributed by atoms with Crippen LogP contribution in [0.15, 0.2) is 29.2 Å². The van der Waals surface area contributed by atoms with Gasteiger partial charge in [0, 0.05) is 25.2 Å². The molecule has 0 spiro atoms. The molecule has 5 nitrogen and oxygen atoms in total. The third kappa shape index (κ3) is 5.04. The number of hydrogen-bond acceptors (Lipinski definition) is 4. The number of benzene rings is 1. The maximum Gasteiger partial charge on any atom is 0.253 e. The first-order valence-corrected chi connectivity index (χ1v) is 9.47. The number of nitrogens with two attached hydrogens (primary N) is 1. The normalized spacial score (nSPS) is 13.4.